The standard InChI is InChI=1S/C33H24FN3O5S2/c1-41-26-16-15-22(18-25(26)34)29(38)27-28(21-11-8-14-24(17-21)42-23-12-6-3-7-13-23)37(31(40)30(27)39)32-35-36-33(44-32)43-19-20-9-4-2-5-10-20/h2-18,28,38H,19H2,1H3/t28-/m0/s1. The zero-order chi connectivity index (χ0) is 30.6. The van der Waals surface area contributed by atoms with Crippen molar-refractivity contribution in [3.05, 3.63) is 131 Å². The molecule has 0 bridgehead atoms. The van der Waals surface area contributed by atoms with E-state index in [1.54, 1.807) is 36.4 Å². The van der Waals surface area contributed by atoms with Crippen molar-refractivity contribution in [2.45, 2.75) is 16.1 Å². The Labute approximate surface area is 260 Å². The van der Waals surface area contributed by atoms with Gasteiger partial charge in [-0.3, -0.25) is 14.5 Å². The zero-order valence-corrected chi connectivity index (χ0v) is 24.8. The lowest BCUT2D eigenvalue weighted by molar-refractivity contribution is -0.132. The predicted octanol–water partition coefficient (Wildman–Crippen LogP) is 7.40. The van der Waals surface area contributed by atoms with E-state index < -0.39 is 29.3 Å². The maximum atomic E-state index is 14.6. The summed E-state index contributed by atoms with van der Waals surface area (Å²) in [6.45, 7) is 0. The molecular formula is C33H24FN3O5S2. The van der Waals surface area contributed by atoms with Gasteiger partial charge in [-0.1, -0.05) is 83.8 Å². The van der Waals surface area contributed by atoms with Gasteiger partial charge in [-0.05, 0) is 53.6 Å². The molecule has 8 nitrogen and oxygen atoms in total. The number of rotatable bonds is 9. The summed E-state index contributed by atoms with van der Waals surface area (Å²) in [6, 6.07) is 28.6. The number of aliphatic hydroxyl groups excluding tert-OH is 1. The molecule has 0 radical (unpaired) electrons. The van der Waals surface area contributed by atoms with Gasteiger partial charge in [0.1, 0.15) is 17.3 Å². The van der Waals surface area contributed by atoms with Gasteiger partial charge in [0.2, 0.25) is 5.13 Å². The number of aliphatic hydroxyl groups is 1. The second-order valence-corrected chi connectivity index (χ2v) is 11.8. The number of benzene rings is 4. The maximum absolute atomic E-state index is 14.6. The Morgan fingerprint density at radius 3 is 2.39 bits per heavy atom. The SMILES string of the molecule is COc1ccc(C(O)=C2C(=O)C(=O)N(c3nnc(SCc4ccccc4)s3)[C@H]2c2cccc(Oc3ccccc3)c2)cc1F. The molecule has 0 unspecified atom stereocenters. The molecule has 5 aromatic rings. The van der Waals surface area contributed by atoms with E-state index in [0.29, 0.717) is 27.2 Å². The van der Waals surface area contributed by atoms with Crippen LogP contribution in [0.25, 0.3) is 5.76 Å². The number of Topliss-reactive ketones (excluding diaryl/α,β-unsaturated/α-hetero) is 1. The third-order valence-electron chi connectivity index (χ3n) is 6.83. The van der Waals surface area contributed by atoms with Gasteiger partial charge in [-0.2, -0.15) is 0 Å². The Morgan fingerprint density at radius 1 is 0.932 bits per heavy atom. The molecule has 1 fully saturated rings. The number of hydrogen-bond acceptors (Lipinski definition) is 9. The van der Waals surface area contributed by atoms with Crippen molar-refractivity contribution in [3.63, 3.8) is 0 Å². The van der Waals surface area contributed by atoms with Gasteiger partial charge >= 0.3 is 5.91 Å². The summed E-state index contributed by atoms with van der Waals surface area (Å²) in [4.78, 5) is 28.4. The van der Waals surface area contributed by atoms with Crippen LogP contribution in [0.1, 0.15) is 22.7 Å². The molecule has 2 heterocycles. The van der Waals surface area contributed by atoms with E-state index in [1.807, 2.05) is 48.5 Å². The summed E-state index contributed by atoms with van der Waals surface area (Å²) < 4.78 is 26.2. The van der Waals surface area contributed by atoms with Crippen LogP contribution in [-0.4, -0.2) is 34.1 Å². The number of para-hydroxylation sites is 1. The average molecular weight is 626 g/mol. The van der Waals surface area contributed by atoms with E-state index in [-0.39, 0.29) is 22.0 Å². The molecule has 0 saturated carbocycles. The zero-order valence-electron chi connectivity index (χ0n) is 23.2. The van der Waals surface area contributed by atoms with Gasteiger partial charge in [0.25, 0.3) is 5.78 Å². The van der Waals surface area contributed by atoms with Crippen LogP contribution >= 0.6 is 23.1 Å². The minimum atomic E-state index is -1.10. The van der Waals surface area contributed by atoms with Crippen molar-refractivity contribution >= 4 is 45.7 Å². The van der Waals surface area contributed by atoms with E-state index in [9.17, 15) is 19.1 Å². The van der Waals surface area contributed by atoms with Crippen LogP contribution in [0.4, 0.5) is 9.52 Å². The summed E-state index contributed by atoms with van der Waals surface area (Å²) in [6.07, 6.45) is 0. The highest BCUT2D eigenvalue weighted by Crippen LogP contribution is 2.45. The van der Waals surface area contributed by atoms with E-state index in [2.05, 4.69) is 10.2 Å². The van der Waals surface area contributed by atoms with Crippen LogP contribution in [0.2, 0.25) is 0 Å². The van der Waals surface area contributed by atoms with Gasteiger partial charge in [0.05, 0.1) is 18.7 Å². The minimum Gasteiger partial charge on any atom is -0.507 e. The van der Waals surface area contributed by atoms with Crippen LogP contribution < -0.4 is 14.4 Å². The second kappa shape index (κ2) is 12.7. The molecule has 11 heteroatoms. The summed E-state index contributed by atoms with van der Waals surface area (Å²) in [5.74, 6) is -1.44. The molecule has 6 rings (SSSR count). The number of thioether (sulfide) groups is 1. The number of ether oxygens (including phenoxy) is 2. The molecule has 0 spiro atoms. The Kier molecular flexibility index (Phi) is 8.40. The van der Waals surface area contributed by atoms with E-state index in [1.165, 1.54) is 35.9 Å². The lowest BCUT2D eigenvalue weighted by Gasteiger charge is -2.23. The number of halogens is 1. The van der Waals surface area contributed by atoms with Gasteiger partial charge in [-0.15, -0.1) is 10.2 Å². The number of carbonyl (C=O) groups excluding carboxylic acids is 2. The number of nitrogens with zero attached hydrogens (tertiary/aromatic N) is 3. The molecule has 1 aliphatic rings. The maximum Gasteiger partial charge on any atom is 0.301 e. The Bertz CT molecular complexity index is 1860. The monoisotopic (exact) mass is 625 g/mol. The average Bonchev–Trinajstić information content (AvgIpc) is 3.62. The predicted molar refractivity (Wildman–Crippen MR) is 167 cm³/mol. The summed E-state index contributed by atoms with van der Waals surface area (Å²) in [5, 5.41) is 20.1. The van der Waals surface area contributed by atoms with Crippen LogP contribution in [0.3, 0.4) is 0 Å². The number of anilines is 1. The molecule has 1 N–H and O–H groups in total. The molecular weight excluding hydrogens is 602 g/mol. The van der Waals surface area contributed by atoms with Crippen molar-refractivity contribution in [2.75, 3.05) is 12.0 Å². The fourth-order valence-electron chi connectivity index (χ4n) is 4.76. The smallest absolute Gasteiger partial charge is 0.301 e. The lowest BCUT2D eigenvalue weighted by Crippen LogP contribution is -2.29. The minimum absolute atomic E-state index is 0.0133. The number of carbonyl (C=O) groups is 2. The third-order valence-corrected chi connectivity index (χ3v) is 8.96. The molecule has 1 aromatic heterocycles. The molecule has 1 amide bonds. The summed E-state index contributed by atoms with van der Waals surface area (Å²) in [7, 11) is 1.32. The topological polar surface area (TPSA) is 102 Å². The van der Waals surface area contributed by atoms with Crippen molar-refractivity contribution in [1.82, 2.24) is 10.2 Å². The molecule has 1 saturated heterocycles. The van der Waals surface area contributed by atoms with Crippen LogP contribution in [-0.2, 0) is 15.3 Å². The first kappa shape index (κ1) is 29.1. The van der Waals surface area contributed by atoms with Gasteiger partial charge in [0, 0.05) is 11.3 Å². The highest BCUT2D eigenvalue weighted by molar-refractivity contribution is 8.00. The molecule has 1 aliphatic heterocycles. The molecule has 1 atom stereocenters. The van der Waals surface area contributed by atoms with Crippen molar-refractivity contribution in [1.29, 1.82) is 0 Å². The summed E-state index contributed by atoms with van der Waals surface area (Å²) in [5.41, 5.74) is 1.36. The quantitative estimate of drug-likeness (QED) is 0.0595. The molecule has 0 aliphatic carbocycles. The van der Waals surface area contributed by atoms with Crippen molar-refractivity contribution in [2.24, 2.45) is 0 Å². The fourth-order valence-corrected chi connectivity index (χ4v) is 6.59. The van der Waals surface area contributed by atoms with Crippen LogP contribution in [0.15, 0.2) is 113 Å². The van der Waals surface area contributed by atoms with Crippen molar-refractivity contribution < 1.29 is 28.6 Å². The highest BCUT2D eigenvalue weighted by Gasteiger charge is 2.48. The first-order valence-corrected chi connectivity index (χ1v) is 15.2. The van der Waals surface area contributed by atoms with E-state index >= 15 is 0 Å². The number of hydrogen-bond donors (Lipinski definition) is 1. The number of amides is 1. The first-order chi connectivity index (χ1) is 21.4. The molecule has 220 valence electrons. The number of aromatic nitrogens is 2. The number of ketones is 1. The summed E-state index contributed by atoms with van der Waals surface area (Å²) >= 11 is 2.61. The van der Waals surface area contributed by atoms with Gasteiger partial charge < -0.3 is 14.6 Å². The van der Waals surface area contributed by atoms with Crippen molar-refractivity contribution in [3.8, 4) is 17.2 Å². The number of methoxy groups -OCH3 is 1. The van der Waals surface area contributed by atoms with E-state index in [0.717, 1.165) is 23.0 Å². The Morgan fingerprint density at radius 2 is 1.66 bits per heavy atom. The Hall–Kier alpha value is -5.00. The molecule has 44 heavy (non-hydrogen) atoms. The Balaban J connectivity index is 1.42. The van der Waals surface area contributed by atoms with Gasteiger partial charge in [-0.25, -0.2) is 4.39 Å². The second-order valence-electron chi connectivity index (χ2n) is 9.63. The third kappa shape index (κ3) is 5.92. The van der Waals surface area contributed by atoms with Crippen LogP contribution in [0.5, 0.6) is 17.2 Å². The van der Waals surface area contributed by atoms with E-state index in [4.69, 9.17) is 9.47 Å². The molecule has 4 aromatic carbocycles. The first-order valence-electron chi connectivity index (χ1n) is 13.4. The normalized spacial score (nSPS) is 15.9. The fraction of sp³-hybridized carbons (Fsp3) is 0.0909. The van der Waals surface area contributed by atoms with Gasteiger partial charge in [0.15, 0.2) is 15.9 Å². The van der Waals surface area contributed by atoms with Crippen LogP contribution in [0, 0.1) is 5.82 Å². The largest absolute Gasteiger partial charge is 0.507 e. The lowest BCUT2D eigenvalue weighted by atomic mass is 9.95. The highest BCUT2D eigenvalue weighted by atomic mass is 32.2.